The number of hydrogen-bond donors (Lipinski definition) is 2. The highest BCUT2D eigenvalue weighted by molar-refractivity contribution is 7.12. The largest absolute Gasteiger partial charge is 0.481 e. The molecule has 1 rings (SSSR count). The number of rotatable bonds is 8. The van der Waals surface area contributed by atoms with E-state index in [0.29, 0.717) is 12.5 Å². The van der Waals surface area contributed by atoms with Crippen molar-refractivity contribution in [2.45, 2.75) is 52.5 Å². The number of aliphatic carboxylic acids is 1. The van der Waals surface area contributed by atoms with E-state index in [1.54, 1.807) is 0 Å². The lowest BCUT2D eigenvalue weighted by Gasteiger charge is -2.13. The molecule has 0 saturated heterocycles. The number of nitrogens with one attached hydrogen (secondary N) is 1. The predicted octanol–water partition coefficient (Wildman–Crippen LogP) is 3.66. The number of unbranched alkanes of at least 4 members (excludes halogenated alkanes) is 2. The smallest absolute Gasteiger partial charge is 0.303 e. The van der Waals surface area contributed by atoms with Gasteiger partial charge in [-0.25, -0.2) is 0 Å². The molecule has 18 heavy (non-hydrogen) atoms. The second-order valence-corrected chi connectivity index (χ2v) is 6.21. The predicted molar refractivity (Wildman–Crippen MR) is 76.3 cm³/mol. The van der Waals surface area contributed by atoms with Crippen LogP contribution in [0.2, 0.25) is 0 Å². The van der Waals surface area contributed by atoms with Crippen molar-refractivity contribution in [2.75, 3.05) is 6.54 Å². The molecule has 0 radical (unpaired) electrons. The number of carboxylic acid groups (broad SMARTS) is 1. The fourth-order valence-electron chi connectivity index (χ4n) is 2.09. The number of hydrogen-bond acceptors (Lipinski definition) is 3. The highest BCUT2D eigenvalue weighted by atomic mass is 32.1. The average Bonchev–Trinajstić information content (AvgIpc) is 2.62. The molecule has 0 fully saturated rings. The molecule has 1 aromatic rings. The molecule has 0 saturated carbocycles. The lowest BCUT2D eigenvalue weighted by Crippen LogP contribution is -2.20. The highest BCUT2D eigenvalue weighted by Crippen LogP contribution is 2.25. The van der Waals surface area contributed by atoms with Crippen LogP contribution in [0.5, 0.6) is 0 Å². The summed E-state index contributed by atoms with van der Waals surface area (Å²) in [6.07, 6.45) is 3.09. The number of thiophene rings is 1. The molecular weight excluding hydrogens is 246 g/mol. The molecular formula is C14H23NO2S. The summed E-state index contributed by atoms with van der Waals surface area (Å²) >= 11 is 1.84. The van der Waals surface area contributed by atoms with Crippen molar-refractivity contribution >= 4 is 17.3 Å². The molecule has 1 unspecified atom stereocenters. The second-order valence-electron chi connectivity index (χ2n) is 4.75. The van der Waals surface area contributed by atoms with Crippen LogP contribution in [0.25, 0.3) is 0 Å². The summed E-state index contributed by atoms with van der Waals surface area (Å²) in [4.78, 5) is 13.1. The van der Waals surface area contributed by atoms with Crippen molar-refractivity contribution in [1.82, 2.24) is 5.32 Å². The van der Waals surface area contributed by atoms with Crippen molar-refractivity contribution in [2.24, 2.45) is 0 Å². The van der Waals surface area contributed by atoms with Crippen LogP contribution in [0.1, 0.15) is 54.0 Å². The quantitative estimate of drug-likeness (QED) is 0.708. The Balaban J connectivity index is 2.19. The molecule has 1 heterocycles. The van der Waals surface area contributed by atoms with Gasteiger partial charge in [0.15, 0.2) is 0 Å². The van der Waals surface area contributed by atoms with Crippen molar-refractivity contribution in [3.8, 4) is 0 Å². The van der Waals surface area contributed by atoms with E-state index in [2.05, 4.69) is 32.2 Å². The zero-order valence-corrected chi connectivity index (χ0v) is 12.3. The van der Waals surface area contributed by atoms with E-state index in [9.17, 15) is 4.79 Å². The molecule has 0 spiro atoms. The first kappa shape index (κ1) is 15.2. The Morgan fingerprint density at radius 2 is 2.11 bits per heavy atom. The summed E-state index contributed by atoms with van der Waals surface area (Å²) in [6, 6.07) is 2.64. The zero-order chi connectivity index (χ0) is 13.5. The summed E-state index contributed by atoms with van der Waals surface area (Å²) in [5, 5.41) is 12.0. The zero-order valence-electron chi connectivity index (χ0n) is 11.5. The van der Waals surface area contributed by atoms with Crippen LogP contribution in [0.15, 0.2) is 6.07 Å². The molecule has 0 bridgehead atoms. The average molecular weight is 269 g/mol. The number of carbonyl (C=O) groups is 1. The Kier molecular flexibility index (Phi) is 6.36. The van der Waals surface area contributed by atoms with Gasteiger partial charge in [0.25, 0.3) is 0 Å². The fourth-order valence-corrected chi connectivity index (χ4v) is 3.11. The minimum absolute atomic E-state index is 0.290. The van der Waals surface area contributed by atoms with Crippen LogP contribution < -0.4 is 5.32 Å². The van der Waals surface area contributed by atoms with Crippen LogP contribution in [-0.4, -0.2) is 17.6 Å². The Morgan fingerprint density at radius 1 is 1.39 bits per heavy atom. The third-order valence-corrected chi connectivity index (χ3v) is 4.05. The maximum Gasteiger partial charge on any atom is 0.303 e. The number of carboxylic acids is 1. The van der Waals surface area contributed by atoms with Crippen LogP contribution in [0, 0.1) is 13.8 Å². The molecule has 1 aromatic heterocycles. The lowest BCUT2D eigenvalue weighted by molar-refractivity contribution is -0.137. The molecule has 0 aliphatic carbocycles. The first-order valence-corrected chi connectivity index (χ1v) is 7.34. The normalized spacial score (nSPS) is 12.6. The fraction of sp³-hybridized carbons (Fsp3) is 0.643. The molecule has 0 amide bonds. The first-order chi connectivity index (χ1) is 8.50. The van der Waals surface area contributed by atoms with Crippen LogP contribution in [-0.2, 0) is 4.79 Å². The maximum atomic E-state index is 10.4. The van der Waals surface area contributed by atoms with Gasteiger partial charge in [0.05, 0.1) is 0 Å². The van der Waals surface area contributed by atoms with Gasteiger partial charge < -0.3 is 10.4 Å². The first-order valence-electron chi connectivity index (χ1n) is 6.53. The summed E-state index contributed by atoms with van der Waals surface area (Å²) in [7, 11) is 0. The minimum atomic E-state index is -0.694. The van der Waals surface area contributed by atoms with Gasteiger partial charge in [-0.05, 0) is 51.8 Å². The monoisotopic (exact) mass is 269 g/mol. The van der Waals surface area contributed by atoms with E-state index in [0.717, 1.165) is 25.8 Å². The van der Waals surface area contributed by atoms with E-state index in [4.69, 9.17) is 5.11 Å². The Bertz CT molecular complexity index is 387. The topological polar surface area (TPSA) is 49.3 Å². The molecule has 2 N–H and O–H groups in total. The summed E-state index contributed by atoms with van der Waals surface area (Å²) < 4.78 is 0. The van der Waals surface area contributed by atoms with Gasteiger partial charge in [-0.3, -0.25) is 4.79 Å². The molecule has 0 aliphatic rings. The standard InChI is InChI=1S/C14H23NO2S/c1-10-9-13(12(3)18-10)11(2)15-8-6-4-5-7-14(16)17/h9,11,15H,4-8H2,1-3H3,(H,16,17). The van der Waals surface area contributed by atoms with Gasteiger partial charge in [-0.15, -0.1) is 11.3 Å². The SMILES string of the molecule is Cc1cc(C(C)NCCCCCC(=O)O)c(C)s1. The summed E-state index contributed by atoms with van der Waals surface area (Å²) in [5.74, 6) is -0.694. The van der Waals surface area contributed by atoms with Crippen LogP contribution in [0.4, 0.5) is 0 Å². The van der Waals surface area contributed by atoms with Gasteiger partial charge in [0, 0.05) is 22.2 Å². The number of aryl methyl sites for hydroxylation is 2. The van der Waals surface area contributed by atoms with Crippen molar-refractivity contribution in [3.05, 3.63) is 21.4 Å². The Labute approximate surface area is 113 Å². The molecule has 0 aliphatic heterocycles. The van der Waals surface area contributed by atoms with Gasteiger partial charge in [0.2, 0.25) is 0 Å². The Hall–Kier alpha value is -0.870. The van der Waals surface area contributed by atoms with Crippen molar-refractivity contribution < 1.29 is 9.90 Å². The van der Waals surface area contributed by atoms with Gasteiger partial charge in [-0.1, -0.05) is 6.42 Å². The highest BCUT2D eigenvalue weighted by Gasteiger charge is 2.10. The van der Waals surface area contributed by atoms with Crippen molar-refractivity contribution in [3.63, 3.8) is 0 Å². The van der Waals surface area contributed by atoms with Crippen LogP contribution >= 0.6 is 11.3 Å². The minimum Gasteiger partial charge on any atom is -0.481 e. The second kappa shape index (κ2) is 7.54. The van der Waals surface area contributed by atoms with E-state index in [1.807, 2.05) is 11.3 Å². The van der Waals surface area contributed by atoms with E-state index in [-0.39, 0.29) is 0 Å². The molecule has 1 atom stereocenters. The van der Waals surface area contributed by atoms with E-state index < -0.39 is 5.97 Å². The van der Waals surface area contributed by atoms with Gasteiger partial charge in [-0.2, -0.15) is 0 Å². The third-order valence-electron chi connectivity index (χ3n) is 3.06. The van der Waals surface area contributed by atoms with Gasteiger partial charge >= 0.3 is 5.97 Å². The van der Waals surface area contributed by atoms with Crippen LogP contribution in [0.3, 0.4) is 0 Å². The van der Waals surface area contributed by atoms with E-state index >= 15 is 0 Å². The summed E-state index contributed by atoms with van der Waals surface area (Å²) in [5.41, 5.74) is 1.39. The maximum absolute atomic E-state index is 10.4. The third kappa shape index (κ3) is 5.19. The summed E-state index contributed by atoms with van der Waals surface area (Å²) in [6.45, 7) is 7.44. The van der Waals surface area contributed by atoms with Gasteiger partial charge in [0.1, 0.15) is 0 Å². The Morgan fingerprint density at radius 3 is 2.67 bits per heavy atom. The lowest BCUT2D eigenvalue weighted by atomic mass is 10.1. The van der Waals surface area contributed by atoms with Crippen molar-refractivity contribution in [1.29, 1.82) is 0 Å². The molecule has 0 aromatic carbocycles. The molecule has 3 nitrogen and oxygen atoms in total. The molecule has 102 valence electrons. The molecule has 4 heteroatoms. The van der Waals surface area contributed by atoms with E-state index in [1.165, 1.54) is 15.3 Å².